The van der Waals surface area contributed by atoms with E-state index in [2.05, 4.69) is 42.8 Å². The van der Waals surface area contributed by atoms with Gasteiger partial charge in [-0.2, -0.15) is 0 Å². The highest BCUT2D eigenvalue weighted by Gasteiger charge is 2.19. The summed E-state index contributed by atoms with van der Waals surface area (Å²) in [6, 6.07) is 4.19. The molecule has 0 amide bonds. The molecular formula is C15H27N3. The molecule has 102 valence electrons. The first-order valence-electron chi connectivity index (χ1n) is 6.89. The molecule has 0 saturated heterocycles. The van der Waals surface area contributed by atoms with Gasteiger partial charge in [0, 0.05) is 25.5 Å². The lowest BCUT2D eigenvalue weighted by Crippen LogP contribution is -2.40. The van der Waals surface area contributed by atoms with Crippen molar-refractivity contribution in [1.29, 1.82) is 0 Å². The number of nitrogens with two attached hydrogens (primary N) is 1. The summed E-state index contributed by atoms with van der Waals surface area (Å²) in [5.74, 6) is 0. The zero-order valence-corrected chi connectivity index (χ0v) is 12.0. The molecule has 1 aromatic heterocycles. The Labute approximate surface area is 111 Å². The normalized spacial score (nSPS) is 12.1. The molecule has 2 N–H and O–H groups in total. The third-order valence-electron chi connectivity index (χ3n) is 3.21. The van der Waals surface area contributed by atoms with Gasteiger partial charge in [0.25, 0.3) is 0 Å². The van der Waals surface area contributed by atoms with Crippen LogP contribution in [0.3, 0.4) is 0 Å². The summed E-state index contributed by atoms with van der Waals surface area (Å²) in [7, 11) is 0. The van der Waals surface area contributed by atoms with Crippen molar-refractivity contribution in [3.63, 3.8) is 0 Å². The molecule has 0 bridgehead atoms. The lowest BCUT2D eigenvalue weighted by atomic mass is 9.93. The van der Waals surface area contributed by atoms with Crippen LogP contribution in [0.5, 0.6) is 0 Å². The van der Waals surface area contributed by atoms with E-state index in [0.29, 0.717) is 0 Å². The van der Waals surface area contributed by atoms with Gasteiger partial charge in [-0.05, 0) is 49.0 Å². The SMILES string of the molecule is CCCN(CCc1ccncc1)CC(C)(C)CN. The quantitative estimate of drug-likeness (QED) is 0.769. The Morgan fingerprint density at radius 1 is 1.22 bits per heavy atom. The number of nitrogens with zero attached hydrogens (tertiary/aromatic N) is 2. The zero-order chi connectivity index (χ0) is 13.4. The molecule has 0 unspecified atom stereocenters. The molecule has 1 heterocycles. The van der Waals surface area contributed by atoms with Crippen LogP contribution < -0.4 is 5.73 Å². The van der Waals surface area contributed by atoms with Crippen LogP contribution in [0.1, 0.15) is 32.8 Å². The molecule has 0 aliphatic carbocycles. The average Bonchev–Trinajstić information content (AvgIpc) is 2.37. The lowest BCUT2D eigenvalue weighted by molar-refractivity contribution is 0.184. The number of hydrogen-bond donors (Lipinski definition) is 1. The number of pyridine rings is 1. The Morgan fingerprint density at radius 2 is 1.89 bits per heavy atom. The van der Waals surface area contributed by atoms with E-state index >= 15 is 0 Å². The fraction of sp³-hybridized carbons (Fsp3) is 0.667. The molecular weight excluding hydrogens is 222 g/mol. The van der Waals surface area contributed by atoms with Gasteiger partial charge in [0.1, 0.15) is 0 Å². The van der Waals surface area contributed by atoms with E-state index in [9.17, 15) is 0 Å². The van der Waals surface area contributed by atoms with E-state index in [1.54, 1.807) is 0 Å². The molecule has 0 aliphatic rings. The fourth-order valence-corrected chi connectivity index (χ4v) is 2.09. The van der Waals surface area contributed by atoms with Gasteiger partial charge in [0.15, 0.2) is 0 Å². The Balaban J connectivity index is 2.48. The van der Waals surface area contributed by atoms with E-state index in [0.717, 1.165) is 32.6 Å². The van der Waals surface area contributed by atoms with Crippen molar-refractivity contribution in [2.24, 2.45) is 11.1 Å². The molecule has 0 atom stereocenters. The van der Waals surface area contributed by atoms with Crippen molar-refractivity contribution < 1.29 is 0 Å². The summed E-state index contributed by atoms with van der Waals surface area (Å²) >= 11 is 0. The van der Waals surface area contributed by atoms with Crippen molar-refractivity contribution in [2.75, 3.05) is 26.2 Å². The van der Waals surface area contributed by atoms with Gasteiger partial charge in [-0.25, -0.2) is 0 Å². The van der Waals surface area contributed by atoms with Crippen LogP contribution in [-0.4, -0.2) is 36.1 Å². The highest BCUT2D eigenvalue weighted by atomic mass is 15.1. The van der Waals surface area contributed by atoms with E-state index in [4.69, 9.17) is 5.73 Å². The Morgan fingerprint density at radius 3 is 2.44 bits per heavy atom. The second-order valence-corrected chi connectivity index (χ2v) is 5.75. The average molecular weight is 249 g/mol. The van der Waals surface area contributed by atoms with Crippen LogP contribution in [0, 0.1) is 5.41 Å². The van der Waals surface area contributed by atoms with E-state index < -0.39 is 0 Å². The summed E-state index contributed by atoms with van der Waals surface area (Å²) in [6.07, 6.45) is 6.01. The maximum Gasteiger partial charge on any atom is 0.0270 e. The van der Waals surface area contributed by atoms with Gasteiger partial charge in [0.05, 0.1) is 0 Å². The Kier molecular flexibility index (Phi) is 6.30. The van der Waals surface area contributed by atoms with Crippen LogP contribution >= 0.6 is 0 Å². The second-order valence-electron chi connectivity index (χ2n) is 5.75. The fourth-order valence-electron chi connectivity index (χ4n) is 2.09. The molecule has 18 heavy (non-hydrogen) atoms. The van der Waals surface area contributed by atoms with Crippen LogP contribution in [0.4, 0.5) is 0 Å². The molecule has 1 rings (SSSR count). The second kappa shape index (κ2) is 7.49. The molecule has 1 aromatic rings. The van der Waals surface area contributed by atoms with Gasteiger partial charge in [-0.1, -0.05) is 20.8 Å². The molecule has 0 aliphatic heterocycles. The van der Waals surface area contributed by atoms with Gasteiger partial charge in [-0.3, -0.25) is 4.98 Å². The first kappa shape index (κ1) is 15.1. The van der Waals surface area contributed by atoms with Crippen LogP contribution in [-0.2, 0) is 6.42 Å². The Bertz CT molecular complexity index is 322. The molecule has 3 nitrogen and oxygen atoms in total. The summed E-state index contributed by atoms with van der Waals surface area (Å²) < 4.78 is 0. The van der Waals surface area contributed by atoms with Crippen molar-refractivity contribution >= 4 is 0 Å². The van der Waals surface area contributed by atoms with Crippen molar-refractivity contribution in [1.82, 2.24) is 9.88 Å². The van der Waals surface area contributed by atoms with E-state index in [1.165, 1.54) is 12.0 Å². The maximum absolute atomic E-state index is 5.82. The molecule has 0 aromatic carbocycles. The molecule has 0 fully saturated rings. The molecule has 0 spiro atoms. The number of hydrogen-bond acceptors (Lipinski definition) is 3. The topological polar surface area (TPSA) is 42.2 Å². The standard InChI is InChI=1S/C15H27N3/c1-4-10-18(13-15(2,3)12-16)11-7-14-5-8-17-9-6-14/h5-6,8-9H,4,7,10-13,16H2,1-3H3. The van der Waals surface area contributed by atoms with Crippen molar-refractivity contribution in [3.05, 3.63) is 30.1 Å². The van der Waals surface area contributed by atoms with Crippen LogP contribution in [0.25, 0.3) is 0 Å². The summed E-state index contributed by atoms with van der Waals surface area (Å²) in [5, 5.41) is 0. The largest absolute Gasteiger partial charge is 0.330 e. The number of aromatic nitrogens is 1. The highest BCUT2D eigenvalue weighted by molar-refractivity contribution is 5.09. The zero-order valence-electron chi connectivity index (χ0n) is 12.0. The maximum atomic E-state index is 5.82. The van der Waals surface area contributed by atoms with Gasteiger partial charge in [0.2, 0.25) is 0 Å². The van der Waals surface area contributed by atoms with E-state index in [-0.39, 0.29) is 5.41 Å². The predicted molar refractivity (Wildman–Crippen MR) is 77.5 cm³/mol. The summed E-state index contributed by atoms with van der Waals surface area (Å²) in [5.41, 5.74) is 7.38. The first-order valence-corrected chi connectivity index (χ1v) is 6.89. The summed E-state index contributed by atoms with van der Waals surface area (Å²) in [6.45, 7) is 10.8. The predicted octanol–water partition coefficient (Wildman–Crippen LogP) is 2.32. The monoisotopic (exact) mass is 249 g/mol. The smallest absolute Gasteiger partial charge is 0.0270 e. The highest BCUT2D eigenvalue weighted by Crippen LogP contribution is 2.15. The van der Waals surface area contributed by atoms with E-state index in [1.807, 2.05) is 12.4 Å². The van der Waals surface area contributed by atoms with Crippen molar-refractivity contribution in [2.45, 2.75) is 33.6 Å². The Hall–Kier alpha value is -0.930. The molecule has 3 heteroatoms. The third kappa shape index (κ3) is 5.61. The first-order chi connectivity index (χ1) is 8.57. The van der Waals surface area contributed by atoms with Crippen LogP contribution in [0.15, 0.2) is 24.5 Å². The van der Waals surface area contributed by atoms with Crippen LogP contribution in [0.2, 0.25) is 0 Å². The minimum Gasteiger partial charge on any atom is -0.330 e. The minimum atomic E-state index is 0.202. The van der Waals surface area contributed by atoms with Gasteiger partial charge < -0.3 is 10.6 Å². The van der Waals surface area contributed by atoms with Crippen molar-refractivity contribution in [3.8, 4) is 0 Å². The molecule has 0 radical (unpaired) electrons. The van der Waals surface area contributed by atoms with Gasteiger partial charge >= 0.3 is 0 Å². The molecule has 0 saturated carbocycles. The number of rotatable bonds is 8. The summed E-state index contributed by atoms with van der Waals surface area (Å²) in [4.78, 5) is 6.57. The third-order valence-corrected chi connectivity index (χ3v) is 3.21. The lowest BCUT2D eigenvalue weighted by Gasteiger charge is -2.31. The van der Waals surface area contributed by atoms with Gasteiger partial charge in [-0.15, -0.1) is 0 Å². The minimum absolute atomic E-state index is 0.202.